The van der Waals surface area contributed by atoms with E-state index in [1.807, 2.05) is 25.1 Å². The molecule has 0 aromatic heterocycles. The largest absolute Gasteiger partial charge is 0.493 e. The van der Waals surface area contributed by atoms with Gasteiger partial charge in [-0.25, -0.2) is 0 Å². The molecule has 0 bridgehead atoms. The molecule has 1 atom stereocenters. The number of aryl methyl sites for hydroxylation is 2. The third kappa shape index (κ3) is 3.18. The summed E-state index contributed by atoms with van der Waals surface area (Å²) >= 11 is 10.2. The molecule has 0 radical (unpaired) electrons. The van der Waals surface area contributed by atoms with Crippen LogP contribution in [-0.4, -0.2) is 6.61 Å². The maximum absolute atomic E-state index is 6.68. The van der Waals surface area contributed by atoms with Gasteiger partial charge in [-0.15, -0.1) is 11.6 Å². The maximum Gasteiger partial charge on any atom is 0.133 e. The van der Waals surface area contributed by atoms with E-state index < -0.39 is 0 Å². The predicted molar refractivity (Wildman–Crippen MR) is 88.9 cm³/mol. The first kappa shape index (κ1) is 15.4. The van der Waals surface area contributed by atoms with Crippen LogP contribution < -0.4 is 4.74 Å². The molecule has 2 rings (SSSR count). The second kappa shape index (κ2) is 6.64. The second-order valence-corrected chi connectivity index (χ2v) is 6.08. The monoisotopic (exact) mass is 352 g/mol. The topological polar surface area (TPSA) is 9.23 Å². The summed E-state index contributed by atoms with van der Waals surface area (Å²) in [5.74, 6) is 0.849. The molecule has 2 aromatic rings. The second-order valence-electron chi connectivity index (χ2n) is 4.79. The summed E-state index contributed by atoms with van der Waals surface area (Å²) in [4.78, 5) is 0. The standard InChI is InChI=1S/C17H18BrClO/c1-4-20-15-9-8-13(10-14(15)18)17(19)16-11(2)6-5-7-12(16)3/h5-10,17H,4H2,1-3H3. The summed E-state index contributed by atoms with van der Waals surface area (Å²) in [6.07, 6.45) is 0. The Morgan fingerprint density at radius 3 is 2.35 bits per heavy atom. The van der Waals surface area contributed by atoms with E-state index in [0.29, 0.717) is 6.61 Å². The van der Waals surface area contributed by atoms with Crippen molar-refractivity contribution in [3.63, 3.8) is 0 Å². The molecule has 1 nitrogen and oxygen atoms in total. The molecule has 0 heterocycles. The zero-order valence-electron chi connectivity index (χ0n) is 11.9. The Hall–Kier alpha value is -0.990. The van der Waals surface area contributed by atoms with Gasteiger partial charge in [0, 0.05) is 0 Å². The Bertz CT molecular complexity index is 590. The molecule has 20 heavy (non-hydrogen) atoms. The van der Waals surface area contributed by atoms with Gasteiger partial charge < -0.3 is 4.74 Å². The van der Waals surface area contributed by atoms with Crippen molar-refractivity contribution in [2.24, 2.45) is 0 Å². The molecule has 3 heteroatoms. The quantitative estimate of drug-likeness (QED) is 0.632. The van der Waals surface area contributed by atoms with Crippen LogP contribution in [0.2, 0.25) is 0 Å². The first-order chi connectivity index (χ1) is 9.54. The maximum atomic E-state index is 6.68. The van der Waals surface area contributed by atoms with Crippen molar-refractivity contribution in [3.05, 3.63) is 63.1 Å². The van der Waals surface area contributed by atoms with Crippen LogP contribution in [0.15, 0.2) is 40.9 Å². The van der Waals surface area contributed by atoms with Gasteiger partial charge in [0.25, 0.3) is 0 Å². The fourth-order valence-electron chi connectivity index (χ4n) is 2.34. The summed E-state index contributed by atoms with van der Waals surface area (Å²) in [6, 6.07) is 12.3. The molecule has 0 spiro atoms. The van der Waals surface area contributed by atoms with Gasteiger partial charge in [0.15, 0.2) is 0 Å². The number of rotatable bonds is 4. The van der Waals surface area contributed by atoms with E-state index in [1.165, 1.54) is 16.7 Å². The molecular formula is C17H18BrClO. The summed E-state index contributed by atoms with van der Waals surface area (Å²) in [6.45, 7) is 6.82. The number of halogens is 2. The van der Waals surface area contributed by atoms with Crippen LogP contribution in [0.5, 0.6) is 5.75 Å². The predicted octanol–water partition coefficient (Wildman–Crippen LogP) is 5.79. The number of ether oxygens (including phenoxy) is 1. The molecule has 0 saturated carbocycles. The summed E-state index contributed by atoms with van der Waals surface area (Å²) in [5, 5.41) is -0.150. The number of hydrogen-bond donors (Lipinski definition) is 0. The zero-order valence-corrected chi connectivity index (χ0v) is 14.3. The van der Waals surface area contributed by atoms with Crippen LogP contribution in [0.1, 0.15) is 34.6 Å². The van der Waals surface area contributed by atoms with Gasteiger partial charge in [-0.05, 0) is 71.1 Å². The lowest BCUT2D eigenvalue weighted by Crippen LogP contribution is -2.00. The van der Waals surface area contributed by atoms with Crippen LogP contribution in [0.25, 0.3) is 0 Å². The number of benzene rings is 2. The summed E-state index contributed by atoms with van der Waals surface area (Å²) in [5.41, 5.74) is 4.69. The smallest absolute Gasteiger partial charge is 0.133 e. The van der Waals surface area contributed by atoms with Crippen LogP contribution in [0, 0.1) is 13.8 Å². The normalized spacial score (nSPS) is 12.2. The van der Waals surface area contributed by atoms with E-state index in [1.54, 1.807) is 0 Å². The van der Waals surface area contributed by atoms with Gasteiger partial charge in [-0.2, -0.15) is 0 Å². The van der Waals surface area contributed by atoms with Crippen molar-refractivity contribution in [1.29, 1.82) is 0 Å². The zero-order chi connectivity index (χ0) is 14.7. The van der Waals surface area contributed by atoms with Gasteiger partial charge in [0.1, 0.15) is 5.75 Å². The fourth-order valence-corrected chi connectivity index (χ4v) is 3.33. The summed E-state index contributed by atoms with van der Waals surface area (Å²) < 4.78 is 6.47. The molecule has 0 aliphatic heterocycles. The molecular weight excluding hydrogens is 336 g/mol. The molecule has 0 amide bonds. The van der Waals surface area contributed by atoms with Crippen LogP contribution >= 0.6 is 27.5 Å². The van der Waals surface area contributed by atoms with Gasteiger partial charge in [-0.1, -0.05) is 24.3 Å². The van der Waals surface area contributed by atoms with E-state index >= 15 is 0 Å². The Morgan fingerprint density at radius 1 is 1.15 bits per heavy atom. The highest BCUT2D eigenvalue weighted by Gasteiger charge is 2.16. The van der Waals surface area contributed by atoms with Crippen LogP contribution in [0.3, 0.4) is 0 Å². The van der Waals surface area contributed by atoms with Gasteiger partial charge in [0.05, 0.1) is 16.5 Å². The first-order valence-electron chi connectivity index (χ1n) is 6.67. The molecule has 0 fully saturated rings. The lowest BCUT2D eigenvalue weighted by Gasteiger charge is -2.17. The minimum absolute atomic E-state index is 0.150. The van der Waals surface area contributed by atoms with Gasteiger partial charge >= 0.3 is 0 Å². The third-order valence-electron chi connectivity index (χ3n) is 3.34. The SMILES string of the molecule is CCOc1ccc(C(Cl)c2c(C)cccc2C)cc1Br. The van der Waals surface area contributed by atoms with Crippen molar-refractivity contribution in [2.75, 3.05) is 6.61 Å². The Balaban J connectivity index is 2.39. The van der Waals surface area contributed by atoms with Crippen molar-refractivity contribution in [1.82, 2.24) is 0 Å². The average Bonchev–Trinajstić information content (AvgIpc) is 2.41. The highest BCUT2D eigenvalue weighted by Crippen LogP contribution is 2.36. The lowest BCUT2D eigenvalue weighted by molar-refractivity contribution is 0.338. The summed E-state index contributed by atoms with van der Waals surface area (Å²) in [7, 11) is 0. The van der Waals surface area contributed by atoms with Crippen LogP contribution in [-0.2, 0) is 0 Å². The van der Waals surface area contributed by atoms with Crippen molar-refractivity contribution in [3.8, 4) is 5.75 Å². The van der Waals surface area contributed by atoms with Crippen LogP contribution in [0.4, 0.5) is 0 Å². The molecule has 106 valence electrons. The van der Waals surface area contributed by atoms with E-state index in [0.717, 1.165) is 15.8 Å². The third-order valence-corrected chi connectivity index (χ3v) is 4.43. The van der Waals surface area contributed by atoms with Crippen molar-refractivity contribution >= 4 is 27.5 Å². The Morgan fingerprint density at radius 2 is 1.80 bits per heavy atom. The average molecular weight is 354 g/mol. The minimum atomic E-state index is -0.150. The van der Waals surface area contributed by atoms with Gasteiger partial charge in [0.2, 0.25) is 0 Å². The minimum Gasteiger partial charge on any atom is -0.493 e. The Labute approximate surface area is 134 Å². The molecule has 2 aromatic carbocycles. The molecule has 0 N–H and O–H groups in total. The molecule has 0 aliphatic rings. The first-order valence-corrected chi connectivity index (χ1v) is 7.90. The number of alkyl halides is 1. The van der Waals surface area contributed by atoms with Crippen molar-refractivity contribution < 1.29 is 4.74 Å². The van der Waals surface area contributed by atoms with E-state index in [2.05, 4.69) is 48.0 Å². The fraction of sp³-hybridized carbons (Fsp3) is 0.294. The molecule has 0 saturated heterocycles. The van der Waals surface area contributed by atoms with E-state index in [9.17, 15) is 0 Å². The van der Waals surface area contributed by atoms with E-state index in [4.69, 9.17) is 16.3 Å². The van der Waals surface area contributed by atoms with Crippen molar-refractivity contribution in [2.45, 2.75) is 26.1 Å². The molecule has 0 aliphatic carbocycles. The Kier molecular flexibility index (Phi) is 5.11. The lowest BCUT2D eigenvalue weighted by atomic mass is 9.96. The molecule has 1 unspecified atom stereocenters. The highest BCUT2D eigenvalue weighted by molar-refractivity contribution is 9.10. The van der Waals surface area contributed by atoms with E-state index in [-0.39, 0.29) is 5.38 Å². The van der Waals surface area contributed by atoms with Gasteiger partial charge in [-0.3, -0.25) is 0 Å². The highest BCUT2D eigenvalue weighted by atomic mass is 79.9. The number of hydrogen-bond acceptors (Lipinski definition) is 1.